The Kier molecular flexibility index (Phi) is 6.26. The maximum Gasteiger partial charge on any atom is 0.305 e. The van der Waals surface area contributed by atoms with Gasteiger partial charge in [0.05, 0.1) is 6.42 Å². The Balaban J connectivity index is 2.66. The lowest BCUT2D eigenvalue weighted by molar-refractivity contribution is -0.137. The maximum absolute atomic E-state index is 11.0. The number of hydrogen-bond acceptors (Lipinski definition) is 2. The fraction of sp³-hybridized carbons (Fsp3) is 0.533. The summed E-state index contributed by atoms with van der Waals surface area (Å²) in [4.78, 5) is 13.0. The zero-order chi connectivity index (χ0) is 13.4. The topological polar surface area (TPSA) is 40.5 Å². The molecule has 0 aliphatic carbocycles. The number of aliphatic carboxylic acids is 1. The van der Waals surface area contributed by atoms with Crippen molar-refractivity contribution in [3.63, 3.8) is 0 Å². The lowest BCUT2D eigenvalue weighted by atomic mass is 10.0. The van der Waals surface area contributed by atoms with E-state index in [-0.39, 0.29) is 12.5 Å². The maximum atomic E-state index is 11.0. The molecule has 1 aromatic carbocycles. The molecule has 0 radical (unpaired) electrons. The van der Waals surface area contributed by atoms with E-state index in [2.05, 4.69) is 11.8 Å². The first-order valence-corrected chi connectivity index (χ1v) is 6.64. The molecule has 1 aromatic rings. The van der Waals surface area contributed by atoms with Crippen LogP contribution in [0.5, 0.6) is 0 Å². The van der Waals surface area contributed by atoms with E-state index in [9.17, 15) is 4.79 Å². The standard InChI is InChI=1S/C15H23NO2/c1-3-4-6-11-14(12-15(17)18)16(2)13-9-7-5-8-10-13/h5,7-10,14H,3-4,6,11-12H2,1-2H3,(H,17,18)/t14-/m0/s1. The van der Waals surface area contributed by atoms with Gasteiger partial charge in [-0.15, -0.1) is 0 Å². The van der Waals surface area contributed by atoms with Gasteiger partial charge in [-0.2, -0.15) is 0 Å². The molecule has 0 unspecified atom stereocenters. The summed E-state index contributed by atoms with van der Waals surface area (Å²) < 4.78 is 0. The quantitative estimate of drug-likeness (QED) is 0.716. The number of benzene rings is 1. The van der Waals surface area contributed by atoms with Crippen molar-refractivity contribution in [3.05, 3.63) is 30.3 Å². The highest BCUT2D eigenvalue weighted by Gasteiger charge is 2.18. The molecule has 3 heteroatoms. The Bertz CT molecular complexity index is 351. The van der Waals surface area contributed by atoms with Crippen molar-refractivity contribution in [2.45, 2.75) is 45.1 Å². The van der Waals surface area contributed by atoms with E-state index in [1.54, 1.807) is 0 Å². The highest BCUT2D eigenvalue weighted by atomic mass is 16.4. The van der Waals surface area contributed by atoms with Crippen LogP contribution < -0.4 is 4.90 Å². The molecule has 0 saturated heterocycles. The molecule has 1 rings (SSSR count). The summed E-state index contributed by atoms with van der Waals surface area (Å²) in [6, 6.07) is 10.1. The Morgan fingerprint density at radius 3 is 2.50 bits per heavy atom. The van der Waals surface area contributed by atoms with Crippen LogP contribution in [-0.4, -0.2) is 24.2 Å². The average Bonchev–Trinajstić information content (AvgIpc) is 2.37. The van der Waals surface area contributed by atoms with Crippen LogP contribution in [0.1, 0.15) is 39.0 Å². The SMILES string of the molecule is CCCCC[C@@H](CC(=O)O)N(C)c1ccccc1. The zero-order valence-corrected chi connectivity index (χ0v) is 11.3. The van der Waals surface area contributed by atoms with Gasteiger partial charge in [0.1, 0.15) is 0 Å². The van der Waals surface area contributed by atoms with Crippen LogP contribution in [0.3, 0.4) is 0 Å². The van der Waals surface area contributed by atoms with E-state index in [0.29, 0.717) is 0 Å². The molecule has 0 aliphatic rings. The van der Waals surface area contributed by atoms with Crippen LogP contribution in [0, 0.1) is 0 Å². The minimum Gasteiger partial charge on any atom is -0.481 e. The molecule has 1 atom stereocenters. The first-order valence-electron chi connectivity index (χ1n) is 6.64. The lowest BCUT2D eigenvalue weighted by Crippen LogP contribution is -2.33. The second kappa shape index (κ2) is 7.75. The Morgan fingerprint density at radius 1 is 1.28 bits per heavy atom. The van der Waals surface area contributed by atoms with Crippen LogP contribution in [0.15, 0.2) is 30.3 Å². The average molecular weight is 249 g/mol. The van der Waals surface area contributed by atoms with Crippen LogP contribution in [0.25, 0.3) is 0 Å². The second-order valence-corrected chi connectivity index (χ2v) is 4.69. The number of rotatable bonds is 8. The number of anilines is 1. The number of unbranched alkanes of at least 4 members (excludes halogenated alkanes) is 2. The summed E-state index contributed by atoms with van der Waals surface area (Å²) in [6.45, 7) is 2.16. The van der Waals surface area contributed by atoms with Gasteiger partial charge < -0.3 is 10.0 Å². The number of carboxylic acid groups (broad SMARTS) is 1. The van der Waals surface area contributed by atoms with Crippen LogP contribution in [-0.2, 0) is 4.79 Å². The van der Waals surface area contributed by atoms with E-state index >= 15 is 0 Å². The molecule has 0 bridgehead atoms. The molecule has 1 N–H and O–H groups in total. The summed E-state index contributed by atoms with van der Waals surface area (Å²) in [6.07, 6.45) is 4.56. The zero-order valence-electron chi connectivity index (χ0n) is 11.3. The third-order valence-electron chi connectivity index (χ3n) is 3.26. The van der Waals surface area contributed by atoms with Crippen LogP contribution in [0.2, 0.25) is 0 Å². The highest BCUT2D eigenvalue weighted by molar-refractivity contribution is 5.68. The van der Waals surface area contributed by atoms with Gasteiger partial charge in [0.2, 0.25) is 0 Å². The molecular formula is C15H23NO2. The van der Waals surface area contributed by atoms with Crippen molar-refractivity contribution in [1.29, 1.82) is 0 Å². The largest absolute Gasteiger partial charge is 0.481 e. The first kappa shape index (κ1) is 14.6. The van der Waals surface area contributed by atoms with E-state index < -0.39 is 5.97 Å². The number of hydrogen-bond donors (Lipinski definition) is 1. The molecule has 0 aromatic heterocycles. The number of nitrogens with zero attached hydrogens (tertiary/aromatic N) is 1. The monoisotopic (exact) mass is 249 g/mol. The van der Waals surface area contributed by atoms with E-state index in [1.165, 1.54) is 6.42 Å². The van der Waals surface area contributed by atoms with Gasteiger partial charge in [0, 0.05) is 18.8 Å². The minimum atomic E-state index is -0.723. The summed E-state index contributed by atoms with van der Waals surface area (Å²) >= 11 is 0. The summed E-state index contributed by atoms with van der Waals surface area (Å²) in [5.74, 6) is -0.723. The normalized spacial score (nSPS) is 12.1. The Labute approximate surface area is 109 Å². The fourth-order valence-corrected chi connectivity index (χ4v) is 2.14. The first-order chi connectivity index (χ1) is 8.65. The van der Waals surface area contributed by atoms with Crippen molar-refractivity contribution in [1.82, 2.24) is 0 Å². The van der Waals surface area contributed by atoms with Crippen molar-refractivity contribution in [3.8, 4) is 0 Å². The lowest BCUT2D eigenvalue weighted by Gasteiger charge is -2.29. The molecule has 100 valence electrons. The van der Waals surface area contributed by atoms with Crippen molar-refractivity contribution >= 4 is 11.7 Å². The summed E-state index contributed by atoms with van der Waals surface area (Å²) in [5.41, 5.74) is 1.08. The van der Waals surface area contributed by atoms with Crippen molar-refractivity contribution < 1.29 is 9.90 Å². The van der Waals surface area contributed by atoms with Gasteiger partial charge in [-0.1, -0.05) is 44.4 Å². The van der Waals surface area contributed by atoms with Gasteiger partial charge in [0.25, 0.3) is 0 Å². The molecule has 0 spiro atoms. The van der Waals surface area contributed by atoms with E-state index in [1.807, 2.05) is 37.4 Å². The predicted octanol–water partition coefficient (Wildman–Crippen LogP) is 3.55. The predicted molar refractivity (Wildman–Crippen MR) is 75.0 cm³/mol. The fourth-order valence-electron chi connectivity index (χ4n) is 2.14. The molecule has 0 saturated carbocycles. The van der Waals surface area contributed by atoms with Gasteiger partial charge in [-0.3, -0.25) is 4.79 Å². The molecular weight excluding hydrogens is 226 g/mol. The van der Waals surface area contributed by atoms with E-state index in [4.69, 9.17) is 5.11 Å². The van der Waals surface area contributed by atoms with Gasteiger partial charge in [-0.25, -0.2) is 0 Å². The van der Waals surface area contributed by atoms with Gasteiger partial charge in [0.15, 0.2) is 0 Å². The number of carboxylic acids is 1. The highest BCUT2D eigenvalue weighted by Crippen LogP contribution is 2.20. The smallest absolute Gasteiger partial charge is 0.305 e. The van der Waals surface area contributed by atoms with Crippen LogP contribution in [0.4, 0.5) is 5.69 Å². The molecule has 18 heavy (non-hydrogen) atoms. The third kappa shape index (κ3) is 4.78. The Morgan fingerprint density at radius 2 is 1.94 bits per heavy atom. The van der Waals surface area contributed by atoms with Gasteiger partial charge >= 0.3 is 5.97 Å². The molecule has 0 amide bonds. The van der Waals surface area contributed by atoms with Gasteiger partial charge in [-0.05, 0) is 18.6 Å². The summed E-state index contributed by atoms with van der Waals surface area (Å²) in [7, 11) is 1.98. The Hall–Kier alpha value is -1.51. The van der Waals surface area contributed by atoms with Crippen molar-refractivity contribution in [2.24, 2.45) is 0 Å². The third-order valence-corrected chi connectivity index (χ3v) is 3.26. The van der Waals surface area contributed by atoms with Crippen molar-refractivity contribution in [2.75, 3.05) is 11.9 Å². The molecule has 0 heterocycles. The summed E-state index contributed by atoms with van der Waals surface area (Å²) in [5, 5.41) is 9.01. The minimum absolute atomic E-state index is 0.0800. The molecule has 3 nitrogen and oxygen atoms in total. The molecule has 0 aliphatic heterocycles. The van der Waals surface area contributed by atoms with Crippen LogP contribution >= 0.6 is 0 Å². The number of carbonyl (C=O) groups is 1. The molecule has 0 fully saturated rings. The van der Waals surface area contributed by atoms with E-state index in [0.717, 1.165) is 24.9 Å². The number of para-hydroxylation sites is 1. The second-order valence-electron chi connectivity index (χ2n) is 4.69.